The van der Waals surface area contributed by atoms with Crippen LogP contribution in [-0.2, 0) is 0 Å². The number of hydrogen-bond donors (Lipinski definition) is 2. The Balaban J connectivity index is 1.60. The molecule has 0 amide bonds. The van der Waals surface area contributed by atoms with E-state index in [0.29, 0.717) is 12.5 Å². The molecule has 0 unspecified atom stereocenters. The summed E-state index contributed by atoms with van der Waals surface area (Å²) in [7, 11) is 0. The Bertz CT molecular complexity index is 487. The van der Waals surface area contributed by atoms with Crippen molar-refractivity contribution in [2.75, 3.05) is 31.3 Å². The molecule has 1 atom stereocenters. The molecule has 1 fully saturated rings. The van der Waals surface area contributed by atoms with E-state index < -0.39 is 0 Å². The van der Waals surface area contributed by atoms with Crippen LogP contribution >= 0.6 is 0 Å². The molecule has 0 spiro atoms. The standard InChI is InChI=1S/C15H23N5O/c1-2-21-15-8-4-3-7-14(15)19-12-17-20(18-19)11-13-6-5-9-16-10-13/h3-4,7-8,12-13,16,18H,2,5-6,9-11H2,1H3/t13-/m0/s1. The Kier molecular flexibility index (Phi) is 4.57. The van der Waals surface area contributed by atoms with Crippen molar-refractivity contribution in [3.8, 4) is 5.75 Å². The molecule has 2 heterocycles. The lowest BCUT2D eigenvalue weighted by atomic mass is 10.00. The van der Waals surface area contributed by atoms with Crippen LogP contribution in [0.25, 0.3) is 0 Å². The molecule has 0 radical (unpaired) electrons. The fourth-order valence-electron chi connectivity index (χ4n) is 2.75. The number of benzene rings is 1. The summed E-state index contributed by atoms with van der Waals surface area (Å²) in [5.74, 6) is 1.51. The third-order valence-corrected chi connectivity index (χ3v) is 3.78. The van der Waals surface area contributed by atoms with Crippen LogP contribution in [0, 0.1) is 5.92 Å². The second-order valence-electron chi connectivity index (χ2n) is 5.40. The van der Waals surface area contributed by atoms with E-state index >= 15 is 0 Å². The van der Waals surface area contributed by atoms with Gasteiger partial charge in [-0.05, 0) is 50.9 Å². The molecular weight excluding hydrogens is 266 g/mol. The van der Waals surface area contributed by atoms with E-state index in [1.165, 1.54) is 12.8 Å². The summed E-state index contributed by atoms with van der Waals surface area (Å²) in [6.45, 7) is 5.77. The number of hydrazine groups is 2. The van der Waals surface area contributed by atoms with E-state index in [-0.39, 0.29) is 0 Å². The first-order valence-corrected chi connectivity index (χ1v) is 7.66. The molecular formula is C15H23N5O. The van der Waals surface area contributed by atoms with Crippen molar-refractivity contribution in [3.63, 3.8) is 0 Å². The number of nitrogens with one attached hydrogen (secondary N) is 2. The molecule has 0 aromatic heterocycles. The van der Waals surface area contributed by atoms with E-state index in [9.17, 15) is 0 Å². The van der Waals surface area contributed by atoms with E-state index in [0.717, 1.165) is 31.1 Å². The fourth-order valence-corrected chi connectivity index (χ4v) is 2.75. The summed E-state index contributed by atoms with van der Waals surface area (Å²) < 4.78 is 5.66. The van der Waals surface area contributed by atoms with Crippen molar-refractivity contribution in [3.05, 3.63) is 24.3 Å². The third kappa shape index (κ3) is 3.46. The van der Waals surface area contributed by atoms with Crippen molar-refractivity contribution in [1.82, 2.24) is 16.0 Å². The molecule has 0 bridgehead atoms. The fraction of sp³-hybridized carbons (Fsp3) is 0.533. The first-order chi connectivity index (χ1) is 10.4. The highest BCUT2D eigenvalue weighted by Crippen LogP contribution is 2.27. The second kappa shape index (κ2) is 6.78. The van der Waals surface area contributed by atoms with Gasteiger partial charge in [0.1, 0.15) is 17.8 Å². The molecule has 6 heteroatoms. The number of ether oxygens (including phenoxy) is 1. The molecule has 21 heavy (non-hydrogen) atoms. The van der Waals surface area contributed by atoms with Gasteiger partial charge in [0.05, 0.1) is 13.2 Å². The Labute approximate surface area is 125 Å². The Morgan fingerprint density at radius 3 is 3.10 bits per heavy atom. The molecule has 1 aromatic carbocycles. The molecule has 2 aliphatic rings. The van der Waals surface area contributed by atoms with Crippen LogP contribution in [0.1, 0.15) is 19.8 Å². The second-order valence-corrected chi connectivity index (χ2v) is 5.40. The highest BCUT2D eigenvalue weighted by Gasteiger charge is 2.22. The van der Waals surface area contributed by atoms with Crippen molar-refractivity contribution in [2.45, 2.75) is 19.8 Å². The average Bonchev–Trinajstić information content (AvgIpc) is 2.97. The molecule has 2 aliphatic heterocycles. The number of nitrogens with zero attached hydrogens (tertiary/aromatic N) is 3. The zero-order chi connectivity index (χ0) is 14.5. The van der Waals surface area contributed by atoms with Crippen molar-refractivity contribution < 1.29 is 4.74 Å². The lowest BCUT2D eigenvalue weighted by Gasteiger charge is -2.27. The largest absolute Gasteiger partial charge is 0.492 e. The normalized spacial score (nSPS) is 21.9. The lowest BCUT2D eigenvalue weighted by molar-refractivity contribution is 0.170. The van der Waals surface area contributed by atoms with Crippen LogP contribution in [0.5, 0.6) is 5.75 Å². The Hall–Kier alpha value is -1.79. The molecule has 0 aliphatic carbocycles. The summed E-state index contributed by atoms with van der Waals surface area (Å²) in [5.41, 5.74) is 4.27. The highest BCUT2D eigenvalue weighted by atomic mass is 16.5. The zero-order valence-electron chi connectivity index (χ0n) is 12.5. The van der Waals surface area contributed by atoms with Gasteiger partial charge in [-0.3, -0.25) is 0 Å². The first-order valence-electron chi connectivity index (χ1n) is 7.66. The molecule has 1 aromatic rings. The number of rotatable bonds is 5. The van der Waals surface area contributed by atoms with Crippen LogP contribution < -0.4 is 20.6 Å². The SMILES string of the molecule is CCOc1ccccc1N1C=NN(C[C@H]2CCCNC2)N1. The van der Waals surface area contributed by atoms with Gasteiger partial charge in [-0.25, -0.2) is 10.1 Å². The predicted molar refractivity (Wildman–Crippen MR) is 84.0 cm³/mol. The topological polar surface area (TPSA) is 52.1 Å². The monoisotopic (exact) mass is 289 g/mol. The summed E-state index contributed by atoms with van der Waals surface area (Å²) in [4.78, 5) is 0. The maximum absolute atomic E-state index is 5.66. The third-order valence-electron chi connectivity index (χ3n) is 3.78. The van der Waals surface area contributed by atoms with Gasteiger partial charge in [0.25, 0.3) is 0 Å². The van der Waals surface area contributed by atoms with Gasteiger partial charge >= 0.3 is 0 Å². The first kappa shape index (κ1) is 14.2. The van der Waals surface area contributed by atoms with Gasteiger partial charge < -0.3 is 10.1 Å². The summed E-state index contributed by atoms with van der Waals surface area (Å²) in [6.07, 6.45) is 4.31. The van der Waals surface area contributed by atoms with Gasteiger partial charge in [0.2, 0.25) is 0 Å². The number of para-hydroxylation sites is 2. The Morgan fingerprint density at radius 1 is 1.38 bits per heavy atom. The predicted octanol–water partition coefficient (Wildman–Crippen LogP) is 1.57. The van der Waals surface area contributed by atoms with E-state index in [2.05, 4.69) is 16.0 Å². The number of hydrazone groups is 1. The smallest absolute Gasteiger partial charge is 0.144 e. The molecule has 6 nitrogen and oxygen atoms in total. The van der Waals surface area contributed by atoms with E-state index in [4.69, 9.17) is 4.74 Å². The number of piperidine rings is 1. The van der Waals surface area contributed by atoms with Gasteiger partial charge in [-0.2, -0.15) is 0 Å². The van der Waals surface area contributed by atoms with Crippen LogP contribution in [0.4, 0.5) is 5.69 Å². The van der Waals surface area contributed by atoms with Crippen LogP contribution in [0.2, 0.25) is 0 Å². The number of hydrogen-bond acceptors (Lipinski definition) is 6. The molecule has 114 valence electrons. The van der Waals surface area contributed by atoms with Gasteiger partial charge in [0.15, 0.2) is 0 Å². The minimum Gasteiger partial charge on any atom is -0.492 e. The minimum atomic E-state index is 0.644. The van der Waals surface area contributed by atoms with Crippen molar-refractivity contribution in [1.29, 1.82) is 0 Å². The van der Waals surface area contributed by atoms with E-state index in [1.54, 1.807) is 6.34 Å². The summed E-state index contributed by atoms with van der Waals surface area (Å²) in [6, 6.07) is 7.98. The van der Waals surface area contributed by atoms with Crippen molar-refractivity contribution in [2.24, 2.45) is 11.0 Å². The van der Waals surface area contributed by atoms with Crippen LogP contribution in [0.15, 0.2) is 29.4 Å². The summed E-state index contributed by atoms with van der Waals surface area (Å²) in [5, 5.41) is 11.7. The minimum absolute atomic E-state index is 0.644. The van der Waals surface area contributed by atoms with Crippen LogP contribution in [-0.4, -0.2) is 37.7 Å². The number of anilines is 1. The van der Waals surface area contributed by atoms with Gasteiger partial charge in [-0.1, -0.05) is 12.1 Å². The summed E-state index contributed by atoms with van der Waals surface area (Å²) >= 11 is 0. The zero-order valence-corrected chi connectivity index (χ0v) is 12.5. The van der Waals surface area contributed by atoms with Gasteiger partial charge in [0, 0.05) is 0 Å². The highest BCUT2D eigenvalue weighted by molar-refractivity contribution is 5.81. The van der Waals surface area contributed by atoms with Gasteiger partial charge in [-0.15, -0.1) is 10.6 Å². The molecule has 2 N–H and O–H groups in total. The van der Waals surface area contributed by atoms with Crippen LogP contribution in [0.3, 0.4) is 0 Å². The molecule has 1 saturated heterocycles. The van der Waals surface area contributed by atoms with E-state index in [1.807, 2.05) is 41.3 Å². The molecule has 0 saturated carbocycles. The maximum Gasteiger partial charge on any atom is 0.144 e. The maximum atomic E-state index is 5.66. The average molecular weight is 289 g/mol. The quantitative estimate of drug-likeness (QED) is 0.862. The lowest BCUT2D eigenvalue weighted by Crippen LogP contribution is -2.45. The van der Waals surface area contributed by atoms with Crippen molar-refractivity contribution >= 4 is 12.0 Å². The molecule has 3 rings (SSSR count). The Morgan fingerprint density at radius 2 is 2.29 bits per heavy atom.